The summed E-state index contributed by atoms with van der Waals surface area (Å²) in [6.45, 7) is 0.551. The van der Waals surface area contributed by atoms with E-state index in [0.29, 0.717) is 30.2 Å². The van der Waals surface area contributed by atoms with Crippen LogP contribution in [0.4, 0.5) is 13.2 Å². The number of methoxy groups -OCH3 is 2. The number of halogens is 4. The number of ether oxygens (including phenoxy) is 4. The van der Waals surface area contributed by atoms with E-state index < -0.39 is 23.8 Å². The van der Waals surface area contributed by atoms with Gasteiger partial charge in [-0.15, -0.1) is 0 Å². The van der Waals surface area contributed by atoms with Gasteiger partial charge in [-0.05, 0) is 17.7 Å². The molecule has 1 aromatic heterocycles. The maximum atomic E-state index is 12.8. The van der Waals surface area contributed by atoms with Crippen LogP contribution in [0.25, 0.3) is 0 Å². The van der Waals surface area contributed by atoms with Crippen molar-refractivity contribution in [1.29, 1.82) is 0 Å². The number of carboxylic acids is 1. The molecule has 2 rings (SSSR count). The molecule has 0 radical (unpaired) electrons. The molecule has 0 saturated heterocycles. The quantitative estimate of drug-likeness (QED) is 0.516. The molecule has 0 bridgehead atoms. The zero-order valence-corrected chi connectivity index (χ0v) is 16.7. The van der Waals surface area contributed by atoms with Crippen molar-refractivity contribution in [2.45, 2.75) is 18.7 Å². The van der Waals surface area contributed by atoms with Gasteiger partial charge in [0, 0.05) is 32.9 Å². The van der Waals surface area contributed by atoms with E-state index in [1.54, 1.807) is 6.07 Å². The Labute approximate surface area is 175 Å². The Kier molecular flexibility index (Phi) is 8.27. The third-order valence-corrected chi connectivity index (χ3v) is 4.16. The highest BCUT2D eigenvalue weighted by Crippen LogP contribution is 2.36. The fourth-order valence-corrected chi connectivity index (χ4v) is 2.56. The molecular formula is C19H18ClF3NO6-. The molecule has 0 spiro atoms. The highest BCUT2D eigenvalue weighted by atomic mass is 35.5. The number of pyridine rings is 1. The van der Waals surface area contributed by atoms with Crippen molar-refractivity contribution >= 4 is 17.6 Å². The van der Waals surface area contributed by atoms with Gasteiger partial charge in [-0.2, -0.15) is 13.2 Å². The number of hydrogen-bond acceptors (Lipinski definition) is 7. The molecule has 0 N–H and O–H groups in total. The molecule has 0 aliphatic heterocycles. The summed E-state index contributed by atoms with van der Waals surface area (Å²) in [5.74, 6) is -1.28. The summed E-state index contributed by atoms with van der Waals surface area (Å²) in [6.07, 6.45) is -5.44. The molecule has 1 unspecified atom stereocenters. The Hall–Kier alpha value is -2.56. The Morgan fingerprint density at radius 2 is 1.97 bits per heavy atom. The molecule has 30 heavy (non-hydrogen) atoms. The second kappa shape index (κ2) is 10.5. The SMILES string of the molecule is COCCOc1ccc(CC(OC)C(=O)[O-])c(Oc2ncc(C(F)(F)F)cc2Cl)c1. The van der Waals surface area contributed by atoms with Gasteiger partial charge in [0.15, 0.2) is 0 Å². The lowest BCUT2D eigenvalue weighted by Gasteiger charge is -2.19. The van der Waals surface area contributed by atoms with Gasteiger partial charge in [-0.25, -0.2) is 4.98 Å². The summed E-state index contributed by atoms with van der Waals surface area (Å²) in [5, 5.41) is 10.8. The number of aromatic nitrogens is 1. The molecule has 0 aliphatic rings. The van der Waals surface area contributed by atoms with E-state index in [1.807, 2.05) is 0 Å². The number of hydrogen-bond donors (Lipinski definition) is 0. The van der Waals surface area contributed by atoms with Crippen LogP contribution in [0.2, 0.25) is 5.02 Å². The lowest BCUT2D eigenvalue weighted by molar-refractivity contribution is -0.315. The largest absolute Gasteiger partial charge is 0.547 e. The molecule has 0 fully saturated rings. The topological polar surface area (TPSA) is 89.9 Å². The maximum Gasteiger partial charge on any atom is 0.417 e. The van der Waals surface area contributed by atoms with Crippen LogP contribution in [0.3, 0.4) is 0 Å². The fraction of sp³-hybridized carbons (Fsp3) is 0.368. The van der Waals surface area contributed by atoms with Gasteiger partial charge in [-0.1, -0.05) is 17.7 Å². The normalized spacial score (nSPS) is 12.5. The second-order valence-corrected chi connectivity index (χ2v) is 6.38. The first-order valence-corrected chi connectivity index (χ1v) is 8.92. The van der Waals surface area contributed by atoms with Crippen LogP contribution >= 0.6 is 11.6 Å². The van der Waals surface area contributed by atoms with Crippen molar-refractivity contribution in [1.82, 2.24) is 4.98 Å². The standard InChI is InChI=1S/C19H19ClF3NO6/c1-27-5-6-29-13-4-3-11(7-16(28-2)18(25)26)15(9-13)30-17-14(20)8-12(10-24-17)19(21,22)23/h3-4,8-10,16H,5-7H2,1-2H3,(H,25,26)/p-1. The van der Waals surface area contributed by atoms with E-state index in [9.17, 15) is 23.1 Å². The minimum absolute atomic E-state index is 0.0855. The van der Waals surface area contributed by atoms with E-state index in [2.05, 4.69) is 4.98 Å². The van der Waals surface area contributed by atoms with Crippen LogP contribution in [0.15, 0.2) is 30.5 Å². The zero-order chi connectivity index (χ0) is 22.3. The van der Waals surface area contributed by atoms with E-state index in [1.165, 1.54) is 26.4 Å². The van der Waals surface area contributed by atoms with Crippen molar-refractivity contribution in [3.8, 4) is 17.4 Å². The summed E-state index contributed by atoms with van der Waals surface area (Å²) in [6, 6.07) is 5.22. The van der Waals surface area contributed by atoms with Crippen molar-refractivity contribution in [2.24, 2.45) is 0 Å². The number of carboxylic acid groups (broad SMARTS) is 1. The van der Waals surface area contributed by atoms with Crippen molar-refractivity contribution in [3.63, 3.8) is 0 Å². The molecule has 1 heterocycles. The fourth-order valence-electron chi connectivity index (χ4n) is 2.35. The van der Waals surface area contributed by atoms with Gasteiger partial charge >= 0.3 is 6.18 Å². The lowest BCUT2D eigenvalue weighted by atomic mass is 10.1. The van der Waals surface area contributed by atoms with Crippen LogP contribution in [0.1, 0.15) is 11.1 Å². The van der Waals surface area contributed by atoms with Crippen LogP contribution in [-0.2, 0) is 26.9 Å². The molecule has 7 nitrogen and oxygen atoms in total. The number of carbonyl (C=O) groups is 1. The monoisotopic (exact) mass is 448 g/mol. The smallest absolute Gasteiger partial charge is 0.417 e. The van der Waals surface area contributed by atoms with Gasteiger partial charge in [-0.3, -0.25) is 0 Å². The molecule has 0 saturated carbocycles. The number of aliphatic carboxylic acids is 1. The molecule has 0 aliphatic carbocycles. The van der Waals surface area contributed by atoms with Gasteiger partial charge < -0.3 is 28.8 Å². The molecule has 11 heteroatoms. The minimum atomic E-state index is -4.62. The predicted molar refractivity (Wildman–Crippen MR) is 97.6 cm³/mol. The molecule has 0 amide bonds. The average molecular weight is 449 g/mol. The highest BCUT2D eigenvalue weighted by Gasteiger charge is 2.32. The Morgan fingerprint density at radius 1 is 1.23 bits per heavy atom. The van der Waals surface area contributed by atoms with Crippen LogP contribution in [-0.4, -0.2) is 44.5 Å². The highest BCUT2D eigenvalue weighted by molar-refractivity contribution is 6.31. The van der Waals surface area contributed by atoms with Gasteiger partial charge in [0.25, 0.3) is 0 Å². The summed E-state index contributed by atoms with van der Waals surface area (Å²) < 4.78 is 59.3. The van der Waals surface area contributed by atoms with Crippen LogP contribution in [0.5, 0.6) is 17.4 Å². The van der Waals surface area contributed by atoms with Crippen molar-refractivity contribution in [2.75, 3.05) is 27.4 Å². The molecular weight excluding hydrogens is 431 g/mol. The van der Waals surface area contributed by atoms with E-state index in [4.69, 9.17) is 30.5 Å². The van der Waals surface area contributed by atoms with Gasteiger partial charge in [0.05, 0.1) is 18.1 Å². The van der Waals surface area contributed by atoms with E-state index in [-0.39, 0.29) is 29.7 Å². The lowest BCUT2D eigenvalue weighted by Crippen LogP contribution is -2.38. The molecule has 2 aromatic rings. The number of benzene rings is 1. The number of alkyl halides is 3. The van der Waals surface area contributed by atoms with Gasteiger partial charge in [0.1, 0.15) is 29.2 Å². The number of carbonyl (C=O) groups excluding carboxylic acids is 1. The minimum Gasteiger partial charge on any atom is -0.547 e. The van der Waals surface area contributed by atoms with E-state index >= 15 is 0 Å². The maximum absolute atomic E-state index is 12.8. The van der Waals surface area contributed by atoms with Crippen LogP contribution < -0.4 is 14.6 Å². The Bertz CT molecular complexity index is 878. The first-order chi connectivity index (χ1) is 14.2. The Balaban J connectivity index is 2.36. The summed E-state index contributed by atoms with van der Waals surface area (Å²) >= 11 is 5.90. The molecule has 1 aromatic carbocycles. The average Bonchev–Trinajstić information content (AvgIpc) is 2.68. The number of rotatable bonds is 10. The summed E-state index contributed by atoms with van der Waals surface area (Å²) in [5.41, 5.74) is -0.670. The van der Waals surface area contributed by atoms with Crippen LogP contribution in [0, 0.1) is 0 Å². The number of nitrogens with zero attached hydrogens (tertiary/aromatic N) is 1. The first-order valence-electron chi connectivity index (χ1n) is 8.54. The van der Waals surface area contributed by atoms with Crippen molar-refractivity contribution in [3.05, 3.63) is 46.6 Å². The predicted octanol–water partition coefficient (Wildman–Crippen LogP) is 2.88. The third kappa shape index (κ3) is 6.48. The van der Waals surface area contributed by atoms with E-state index in [0.717, 1.165) is 0 Å². The Morgan fingerprint density at radius 3 is 2.53 bits per heavy atom. The second-order valence-electron chi connectivity index (χ2n) is 5.97. The summed E-state index contributed by atoms with van der Waals surface area (Å²) in [4.78, 5) is 14.8. The molecule has 1 atom stereocenters. The third-order valence-electron chi connectivity index (χ3n) is 3.89. The summed E-state index contributed by atoms with van der Waals surface area (Å²) in [7, 11) is 2.71. The first kappa shape index (κ1) is 23.7. The van der Waals surface area contributed by atoms with Gasteiger partial charge in [0.2, 0.25) is 5.88 Å². The zero-order valence-electron chi connectivity index (χ0n) is 16.0. The van der Waals surface area contributed by atoms with Crippen molar-refractivity contribution < 1.29 is 42.0 Å². The molecule has 164 valence electrons.